The number of likely N-dealkylation sites (N-methyl/N-ethyl adjacent to an activating group) is 1. The van der Waals surface area contributed by atoms with E-state index in [2.05, 4.69) is 5.10 Å². The summed E-state index contributed by atoms with van der Waals surface area (Å²) >= 11 is 0. The average Bonchev–Trinajstić information content (AvgIpc) is 2.80. The Kier molecular flexibility index (Phi) is 3.51. The lowest BCUT2D eigenvalue weighted by Crippen LogP contribution is -2.28. The second kappa shape index (κ2) is 5.33. The molecule has 0 N–H and O–H groups in total. The van der Waals surface area contributed by atoms with Crippen LogP contribution in [0.15, 0.2) is 29.1 Å². The Morgan fingerprint density at radius 1 is 1.29 bits per heavy atom. The van der Waals surface area contributed by atoms with E-state index in [1.807, 2.05) is 37.2 Å². The Morgan fingerprint density at radius 2 is 2.10 bits per heavy atom. The fourth-order valence-electron chi connectivity index (χ4n) is 2.62. The zero-order chi connectivity index (χ0) is 15.0. The van der Waals surface area contributed by atoms with Crippen molar-refractivity contribution in [1.82, 2.24) is 14.7 Å². The first-order chi connectivity index (χ1) is 10.1. The highest BCUT2D eigenvalue weighted by atomic mass is 16.5. The molecule has 0 aliphatic heterocycles. The normalized spacial score (nSPS) is 12.4. The van der Waals surface area contributed by atoms with Crippen molar-refractivity contribution in [3.8, 4) is 17.0 Å². The van der Waals surface area contributed by atoms with Crippen LogP contribution >= 0.6 is 0 Å². The molecule has 0 bridgehead atoms. The molecular weight excluding hydrogens is 266 g/mol. The summed E-state index contributed by atoms with van der Waals surface area (Å²) in [6.45, 7) is 1.39. The van der Waals surface area contributed by atoms with Gasteiger partial charge in [-0.1, -0.05) is 0 Å². The summed E-state index contributed by atoms with van der Waals surface area (Å²) in [5, 5.41) is 4.56. The van der Waals surface area contributed by atoms with Gasteiger partial charge in [0.25, 0.3) is 5.56 Å². The van der Waals surface area contributed by atoms with Crippen molar-refractivity contribution in [2.24, 2.45) is 0 Å². The molecule has 1 aromatic carbocycles. The van der Waals surface area contributed by atoms with Crippen LogP contribution in [0, 0.1) is 0 Å². The highest BCUT2D eigenvalue weighted by molar-refractivity contribution is 5.73. The molecule has 2 aromatic rings. The molecule has 0 fully saturated rings. The number of nitrogens with zero attached hydrogens (tertiary/aromatic N) is 3. The van der Waals surface area contributed by atoms with E-state index in [0.29, 0.717) is 6.54 Å². The first kappa shape index (κ1) is 13.8. The number of benzene rings is 1. The molecule has 1 aliphatic rings. The van der Waals surface area contributed by atoms with Gasteiger partial charge >= 0.3 is 0 Å². The van der Waals surface area contributed by atoms with Crippen molar-refractivity contribution in [3.63, 3.8) is 0 Å². The Balaban J connectivity index is 2.00. The molecule has 0 saturated heterocycles. The number of ether oxygens (including phenoxy) is 1. The monoisotopic (exact) mass is 285 g/mol. The van der Waals surface area contributed by atoms with Crippen LogP contribution < -0.4 is 10.3 Å². The molecule has 0 radical (unpaired) electrons. The van der Waals surface area contributed by atoms with Gasteiger partial charge in [0.05, 0.1) is 19.3 Å². The van der Waals surface area contributed by atoms with Gasteiger partial charge in [0, 0.05) is 24.6 Å². The Hall–Kier alpha value is -2.14. The highest BCUT2D eigenvalue weighted by Gasteiger charge is 2.22. The number of hydrogen-bond acceptors (Lipinski definition) is 4. The average molecular weight is 285 g/mol. The first-order valence-corrected chi connectivity index (χ1v) is 7.01. The van der Waals surface area contributed by atoms with E-state index in [1.54, 1.807) is 17.9 Å². The Morgan fingerprint density at radius 3 is 2.81 bits per heavy atom. The van der Waals surface area contributed by atoms with E-state index in [-0.39, 0.29) is 5.56 Å². The summed E-state index contributed by atoms with van der Waals surface area (Å²) in [6, 6.07) is 7.69. The van der Waals surface area contributed by atoms with Crippen LogP contribution in [0.1, 0.15) is 11.1 Å². The van der Waals surface area contributed by atoms with Crippen LogP contribution in [-0.2, 0) is 13.0 Å². The van der Waals surface area contributed by atoms with Crippen LogP contribution in [0.3, 0.4) is 0 Å². The molecule has 1 aromatic heterocycles. The smallest absolute Gasteiger partial charge is 0.267 e. The van der Waals surface area contributed by atoms with Crippen molar-refractivity contribution in [1.29, 1.82) is 0 Å². The van der Waals surface area contributed by atoms with Crippen molar-refractivity contribution in [2.75, 3.05) is 27.7 Å². The first-order valence-electron chi connectivity index (χ1n) is 7.01. The zero-order valence-corrected chi connectivity index (χ0v) is 12.6. The number of aromatic nitrogens is 2. The van der Waals surface area contributed by atoms with E-state index in [0.717, 1.165) is 35.5 Å². The largest absolute Gasteiger partial charge is 0.497 e. The maximum absolute atomic E-state index is 12.1. The number of fused-ring (bicyclic) bond motifs is 3. The summed E-state index contributed by atoms with van der Waals surface area (Å²) in [4.78, 5) is 14.2. The zero-order valence-electron chi connectivity index (χ0n) is 12.6. The van der Waals surface area contributed by atoms with Gasteiger partial charge in [-0.2, -0.15) is 5.10 Å². The third-order valence-electron chi connectivity index (χ3n) is 3.78. The van der Waals surface area contributed by atoms with Crippen LogP contribution in [0.25, 0.3) is 11.3 Å². The third kappa shape index (κ3) is 2.56. The van der Waals surface area contributed by atoms with Gasteiger partial charge in [-0.05, 0) is 43.4 Å². The van der Waals surface area contributed by atoms with E-state index in [1.165, 1.54) is 5.56 Å². The van der Waals surface area contributed by atoms with E-state index in [4.69, 9.17) is 4.74 Å². The highest BCUT2D eigenvalue weighted by Crippen LogP contribution is 2.35. The summed E-state index contributed by atoms with van der Waals surface area (Å²) in [6.07, 6.45) is 0.749. The lowest BCUT2D eigenvalue weighted by molar-refractivity contribution is 0.368. The van der Waals surface area contributed by atoms with Crippen molar-refractivity contribution >= 4 is 0 Å². The van der Waals surface area contributed by atoms with Gasteiger partial charge in [0.1, 0.15) is 5.75 Å². The lowest BCUT2D eigenvalue weighted by atomic mass is 10.1. The molecule has 1 heterocycles. The quantitative estimate of drug-likeness (QED) is 0.726. The van der Waals surface area contributed by atoms with Crippen LogP contribution in [0.4, 0.5) is 0 Å². The predicted octanol–water partition coefficient (Wildman–Crippen LogP) is 1.38. The molecule has 0 saturated carbocycles. The van der Waals surface area contributed by atoms with Crippen LogP contribution in [0.5, 0.6) is 5.75 Å². The summed E-state index contributed by atoms with van der Waals surface area (Å²) in [7, 11) is 5.63. The maximum Gasteiger partial charge on any atom is 0.267 e. The SMILES string of the molecule is COc1ccc2c(c1)Cc1cc(=O)n(CCN(C)C)nc1-2. The molecular formula is C16H19N3O2. The Labute approximate surface area is 123 Å². The van der Waals surface area contributed by atoms with E-state index >= 15 is 0 Å². The minimum Gasteiger partial charge on any atom is -0.497 e. The molecule has 110 valence electrons. The molecule has 1 aliphatic carbocycles. The summed E-state index contributed by atoms with van der Waals surface area (Å²) < 4.78 is 6.81. The predicted molar refractivity (Wildman–Crippen MR) is 81.8 cm³/mol. The van der Waals surface area contributed by atoms with Crippen molar-refractivity contribution in [2.45, 2.75) is 13.0 Å². The number of hydrogen-bond donors (Lipinski definition) is 0. The Bertz CT molecular complexity index is 735. The topological polar surface area (TPSA) is 47.4 Å². The van der Waals surface area contributed by atoms with Crippen LogP contribution in [-0.4, -0.2) is 42.4 Å². The van der Waals surface area contributed by atoms with Gasteiger partial charge in [0.15, 0.2) is 0 Å². The molecule has 0 spiro atoms. The molecule has 5 heteroatoms. The van der Waals surface area contributed by atoms with Gasteiger partial charge in [0.2, 0.25) is 0 Å². The molecule has 5 nitrogen and oxygen atoms in total. The van der Waals surface area contributed by atoms with Crippen LogP contribution in [0.2, 0.25) is 0 Å². The molecule has 0 atom stereocenters. The minimum absolute atomic E-state index is 0.0321. The third-order valence-corrected chi connectivity index (χ3v) is 3.78. The number of rotatable bonds is 4. The fraction of sp³-hybridized carbons (Fsp3) is 0.375. The van der Waals surface area contributed by atoms with E-state index in [9.17, 15) is 4.79 Å². The summed E-state index contributed by atoms with van der Waals surface area (Å²) in [5.74, 6) is 0.837. The molecule has 0 amide bonds. The molecule has 3 rings (SSSR count). The summed E-state index contributed by atoms with van der Waals surface area (Å²) in [5.41, 5.74) is 4.16. The lowest BCUT2D eigenvalue weighted by Gasteiger charge is -2.11. The maximum atomic E-state index is 12.1. The molecule has 21 heavy (non-hydrogen) atoms. The van der Waals surface area contributed by atoms with Gasteiger partial charge in [-0.15, -0.1) is 0 Å². The standard InChI is InChI=1S/C16H19N3O2/c1-18(2)6-7-19-15(20)10-12-8-11-9-13(21-3)4-5-14(11)16(12)17-19/h4-5,9-10H,6-8H2,1-3H3. The second-order valence-corrected chi connectivity index (χ2v) is 5.58. The van der Waals surface area contributed by atoms with Crippen molar-refractivity contribution in [3.05, 3.63) is 45.7 Å². The minimum atomic E-state index is -0.0321. The van der Waals surface area contributed by atoms with Gasteiger partial charge in [-0.3, -0.25) is 4.79 Å². The van der Waals surface area contributed by atoms with Crippen molar-refractivity contribution < 1.29 is 4.74 Å². The van der Waals surface area contributed by atoms with Gasteiger partial charge in [-0.25, -0.2) is 4.68 Å². The number of methoxy groups -OCH3 is 1. The fourth-order valence-corrected chi connectivity index (χ4v) is 2.62. The second-order valence-electron chi connectivity index (χ2n) is 5.58. The molecule has 0 unspecified atom stereocenters. The van der Waals surface area contributed by atoms with Gasteiger partial charge < -0.3 is 9.64 Å². The van der Waals surface area contributed by atoms with E-state index < -0.39 is 0 Å².